The summed E-state index contributed by atoms with van der Waals surface area (Å²) in [6.07, 6.45) is 1.35. The van der Waals surface area contributed by atoms with Crippen LogP contribution in [-0.2, 0) is 13.2 Å². The smallest absolute Gasteiger partial charge is 0.240 e. The lowest BCUT2D eigenvalue weighted by Crippen LogP contribution is -2.35. The second-order valence-electron chi connectivity index (χ2n) is 5.35. The second-order valence-corrected chi connectivity index (χ2v) is 5.35. The van der Waals surface area contributed by atoms with E-state index in [1.807, 2.05) is 0 Å². The number of aliphatic hydroxyl groups excluding tert-OH is 1. The molecule has 2 heterocycles. The second kappa shape index (κ2) is 6.85. The molecule has 0 saturated carbocycles. The predicted octanol–water partition coefficient (Wildman–Crippen LogP) is 1.74. The zero-order valence-corrected chi connectivity index (χ0v) is 12.1. The van der Waals surface area contributed by atoms with E-state index in [2.05, 4.69) is 15.0 Å². The van der Waals surface area contributed by atoms with Crippen molar-refractivity contribution >= 4 is 0 Å². The number of rotatable bonds is 5. The van der Waals surface area contributed by atoms with Crippen molar-refractivity contribution in [3.8, 4) is 5.75 Å². The molecule has 0 unspecified atom stereocenters. The van der Waals surface area contributed by atoms with Crippen molar-refractivity contribution < 1.29 is 18.8 Å². The van der Waals surface area contributed by atoms with Gasteiger partial charge in [0.2, 0.25) is 11.7 Å². The molecular weight excluding hydrogens is 289 g/mol. The molecule has 1 aliphatic rings. The van der Waals surface area contributed by atoms with Crippen LogP contribution in [-0.4, -0.2) is 39.3 Å². The van der Waals surface area contributed by atoms with Gasteiger partial charge in [-0.2, -0.15) is 4.98 Å². The minimum atomic E-state index is -0.305. The molecule has 1 N–H and O–H groups in total. The first-order valence-electron chi connectivity index (χ1n) is 7.29. The average molecular weight is 307 g/mol. The maximum absolute atomic E-state index is 12.8. The molecule has 1 fully saturated rings. The van der Waals surface area contributed by atoms with E-state index in [1.165, 1.54) is 12.1 Å². The Bertz CT molecular complexity index is 594. The zero-order valence-electron chi connectivity index (χ0n) is 12.1. The third-order valence-electron chi connectivity index (χ3n) is 3.61. The molecule has 118 valence electrons. The van der Waals surface area contributed by atoms with E-state index in [0.717, 1.165) is 25.9 Å². The van der Waals surface area contributed by atoms with Crippen LogP contribution in [0.1, 0.15) is 24.6 Å². The average Bonchev–Trinajstić information content (AvgIpc) is 2.97. The Labute approximate surface area is 127 Å². The summed E-state index contributed by atoms with van der Waals surface area (Å²) in [6, 6.07) is 5.77. The molecule has 0 aliphatic carbocycles. The molecule has 1 aromatic carbocycles. The lowest BCUT2D eigenvalue weighted by molar-refractivity contribution is 0.0740. The van der Waals surface area contributed by atoms with Crippen LogP contribution >= 0.6 is 0 Å². The molecule has 0 amide bonds. The lowest BCUT2D eigenvalue weighted by Gasteiger charge is -2.27. The van der Waals surface area contributed by atoms with Crippen LogP contribution in [0.25, 0.3) is 0 Å². The van der Waals surface area contributed by atoms with Gasteiger partial charge in [-0.15, -0.1) is 0 Å². The number of halogens is 1. The Hall–Kier alpha value is -1.99. The van der Waals surface area contributed by atoms with Gasteiger partial charge in [0.25, 0.3) is 0 Å². The van der Waals surface area contributed by atoms with Crippen LogP contribution in [0.15, 0.2) is 28.8 Å². The molecule has 0 radical (unpaired) electrons. The number of likely N-dealkylation sites (tertiary alicyclic amines) is 1. The summed E-state index contributed by atoms with van der Waals surface area (Å²) in [5.74, 6) is 1.24. The number of aromatic nitrogens is 2. The van der Waals surface area contributed by atoms with Gasteiger partial charge in [-0.1, -0.05) is 5.16 Å². The molecule has 2 aromatic rings. The summed E-state index contributed by atoms with van der Waals surface area (Å²) in [7, 11) is 0. The van der Waals surface area contributed by atoms with E-state index in [0.29, 0.717) is 24.0 Å². The van der Waals surface area contributed by atoms with E-state index in [9.17, 15) is 9.50 Å². The quantitative estimate of drug-likeness (QED) is 0.907. The summed E-state index contributed by atoms with van der Waals surface area (Å²) in [5.41, 5.74) is 0. The molecule has 1 aromatic heterocycles. The number of nitrogens with zero attached hydrogens (tertiary/aromatic N) is 3. The van der Waals surface area contributed by atoms with Crippen molar-refractivity contribution in [2.45, 2.75) is 32.1 Å². The third kappa shape index (κ3) is 4.02. The fourth-order valence-corrected chi connectivity index (χ4v) is 2.36. The first kappa shape index (κ1) is 14.9. The van der Waals surface area contributed by atoms with Gasteiger partial charge in [0, 0.05) is 13.1 Å². The van der Waals surface area contributed by atoms with Gasteiger partial charge in [-0.05, 0) is 37.1 Å². The zero-order chi connectivity index (χ0) is 15.4. The minimum absolute atomic E-state index is 0.174. The van der Waals surface area contributed by atoms with Gasteiger partial charge in [0.1, 0.15) is 11.6 Å². The van der Waals surface area contributed by atoms with Crippen LogP contribution < -0.4 is 4.74 Å². The molecule has 0 atom stereocenters. The SMILES string of the molecule is OC1CCN(Cc2nc(COc3ccc(F)cc3)no2)CC1. The third-order valence-corrected chi connectivity index (χ3v) is 3.61. The maximum Gasteiger partial charge on any atom is 0.240 e. The van der Waals surface area contributed by atoms with E-state index >= 15 is 0 Å². The highest BCUT2D eigenvalue weighted by Gasteiger charge is 2.19. The molecule has 0 spiro atoms. The first-order chi connectivity index (χ1) is 10.7. The number of piperidine rings is 1. The summed E-state index contributed by atoms with van der Waals surface area (Å²) >= 11 is 0. The highest BCUT2D eigenvalue weighted by atomic mass is 19.1. The molecule has 7 heteroatoms. The lowest BCUT2D eigenvalue weighted by atomic mass is 10.1. The van der Waals surface area contributed by atoms with Gasteiger partial charge in [0.05, 0.1) is 12.6 Å². The molecule has 22 heavy (non-hydrogen) atoms. The van der Waals surface area contributed by atoms with E-state index in [4.69, 9.17) is 9.26 Å². The molecular formula is C15H18FN3O3. The molecule has 0 bridgehead atoms. The molecule has 1 aliphatic heterocycles. The maximum atomic E-state index is 12.8. The Morgan fingerprint density at radius 1 is 1.27 bits per heavy atom. The molecule has 1 saturated heterocycles. The summed E-state index contributed by atoms with van der Waals surface area (Å²) < 4.78 is 23.4. The van der Waals surface area contributed by atoms with Gasteiger partial charge in [0.15, 0.2) is 6.61 Å². The number of benzene rings is 1. The van der Waals surface area contributed by atoms with Crippen molar-refractivity contribution in [2.75, 3.05) is 13.1 Å². The fraction of sp³-hybridized carbons (Fsp3) is 0.467. The largest absolute Gasteiger partial charge is 0.485 e. The Balaban J connectivity index is 1.49. The molecule has 3 rings (SSSR count). The number of ether oxygens (including phenoxy) is 1. The Kier molecular flexibility index (Phi) is 4.65. The summed E-state index contributed by atoms with van der Waals surface area (Å²) in [6.45, 7) is 2.40. The van der Waals surface area contributed by atoms with Gasteiger partial charge in [-0.25, -0.2) is 4.39 Å². The standard InChI is InChI=1S/C15H18FN3O3/c16-11-1-3-13(4-2-11)21-10-14-17-15(22-18-14)9-19-7-5-12(20)6-8-19/h1-4,12,20H,5-10H2. The fourth-order valence-electron chi connectivity index (χ4n) is 2.36. The number of hydrogen-bond acceptors (Lipinski definition) is 6. The van der Waals surface area contributed by atoms with Crippen LogP contribution in [0.4, 0.5) is 4.39 Å². The predicted molar refractivity (Wildman–Crippen MR) is 75.5 cm³/mol. The summed E-state index contributed by atoms with van der Waals surface area (Å²) in [4.78, 5) is 6.45. The Morgan fingerprint density at radius 3 is 2.73 bits per heavy atom. The van der Waals surface area contributed by atoms with Crippen LogP contribution in [0.3, 0.4) is 0 Å². The van der Waals surface area contributed by atoms with Gasteiger partial charge in [-0.3, -0.25) is 4.90 Å². The normalized spacial score (nSPS) is 16.8. The monoisotopic (exact) mass is 307 g/mol. The number of aliphatic hydroxyl groups is 1. The topological polar surface area (TPSA) is 71.6 Å². The summed E-state index contributed by atoms with van der Waals surface area (Å²) in [5, 5.41) is 13.3. The van der Waals surface area contributed by atoms with Crippen LogP contribution in [0.2, 0.25) is 0 Å². The van der Waals surface area contributed by atoms with E-state index in [-0.39, 0.29) is 18.5 Å². The van der Waals surface area contributed by atoms with Crippen LogP contribution in [0.5, 0.6) is 5.75 Å². The van der Waals surface area contributed by atoms with Gasteiger partial charge < -0.3 is 14.4 Å². The highest BCUT2D eigenvalue weighted by molar-refractivity contribution is 5.22. The van der Waals surface area contributed by atoms with Crippen molar-refractivity contribution in [3.63, 3.8) is 0 Å². The highest BCUT2D eigenvalue weighted by Crippen LogP contribution is 2.14. The number of hydrogen-bond donors (Lipinski definition) is 1. The van der Waals surface area contributed by atoms with Gasteiger partial charge >= 0.3 is 0 Å². The first-order valence-corrected chi connectivity index (χ1v) is 7.29. The molecule has 6 nitrogen and oxygen atoms in total. The van der Waals surface area contributed by atoms with Crippen molar-refractivity contribution in [1.82, 2.24) is 15.0 Å². The minimum Gasteiger partial charge on any atom is -0.485 e. The van der Waals surface area contributed by atoms with E-state index in [1.54, 1.807) is 12.1 Å². The van der Waals surface area contributed by atoms with Crippen molar-refractivity contribution in [3.05, 3.63) is 41.8 Å². The Morgan fingerprint density at radius 2 is 2.00 bits per heavy atom. The van der Waals surface area contributed by atoms with E-state index < -0.39 is 0 Å². The van der Waals surface area contributed by atoms with Crippen molar-refractivity contribution in [2.24, 2.45) is 0 Å². The van der Waals surface area contributed by atoms with Crippen molar-refractivity contribution in [1.29, 1.82) is 0 Å². The van der Waals surface area contributed by atoms with Crippen LogP contribution in [0, 0.1) is 5.82 Å².